The summed E-state index contributed by atoms with van der Waals surface area (Å²) in [4.78, 5) is 83.4. The summed E-state index contributed by atoms with van der Waals surface area (Å²) in [7, 11) is -24.2. The zero-order chi connectivity index (χ0) is 40.4. The maximum atomic E-state index is 12.4. The molecule has 18 N–H and O–H groups in total. The largest absolute Gasteiger partial charge is 0.490 e. The van der Waals surface area contributed by atoms with E-state index < -0.39 is 105 Å². The third-order valence-electron chi connectivity index (χ3n) is 7.55. The van der Waals surface area contributed by atoms with Crippen molar-refractivity contribution in [3.8, 4) is 0 Å². The number of hydrogen-bond acceptors (Lipinski definition) is 23. The van der Waals surface area contributed by atoms with Gasteiger partial charge in [0.2, 0.25) is 11.9 Å². The molecule has 2 aliphatic rings. The highest BCUT2D eigenvalue weighted by molar-refractivity contribution is 7.69. The summed E-state index contributed by atoms with van der Waals surface area (Å²) in [5.74, 6) is -0.680. The molecule has 2 aliphatic heterocycles. The molecule has 6 heterocycles. The van der Waals surface area contributed by atoms with E-state index in [1.165, 1.54) is 0 Å². The Morgan fingerprint density at radius 2 is 0.982 bits per heavy atom. The molecular formula is C20H32N11O21P4+. The molecule has 32 nitrogen and oxygen atoms in total. The molecule has 6 rings (SSSR count). The van der Waals surface area contributed by atoms with E-state index >= 15 is 0 Å². The Morgan fingerprint density at radius 3 is 1.34 bits per heavy atom. The number of phosphoric acid groups is 4. The number of aliphatic hydroxyl groups is 4. The van der Waals surface area contributed by atoms with E-state index in [0.717, 1.165) is 21.8 Å². The summed E-state index contributed by atoms with van der Waals surface area (Å²) >= 11 is 0. The standard InChI is InChI=1S/C20H28N10O21P4.H3N/c21-19-25-13-7(15(35)27-19)23-3-29(13)17-11(33)9(31)5(47-17)1-45-52(37,38)49-54(41,42)51-55(43,44)50-53(39,40)46-2-6-10(32)12(34)18(48-6)30-4-24-8-14(30)26-20(22)28-16(8)36;/h3-6,9-12,17-18,31-34H,1-2H2,(H,37,38)(H,39,40)(H,41,42)(H,43,44)(H3,21,25,27,35)(H3,22,26,28,36);1H3/p+1. The highest BCUT2D eigenvalue weighted by Gasteiger charge is 2.50. The normalized spacial score (nSPS) is 29.7. The lowest BCUT2D eigenvalue weighted by atomic mass is 10.1. The van der Waals surface area contributed by atoms with Crippen molar-refractivity contribution >= 4 is 65.5 Å². The van der Waals surface area contributed by atoms with E-state index in [1.807, 2.05) is 0 Å². The maximum Gasteiger partial charge on any atom is 0.490 e. The third-order valence-corrected chi connectivity index (χ3v) is 13.5. The van der Waals surface area contributed by atoms with Crippen LogP contribution in [0.2, 0.25) is 0 Å². The number of imidazole rings is 2. The number of anilines is 2. The lowest BCUT2D eigenvalue weighted by Gasteiger charge is -2.21. The highest BCUT2D eigenvalue weighted by atomic mass is 31.3. The number of nitrogens with zero attached hydrogens (tertiary/aromatic N) is 6. The van der Waals surface area contributed by atoms with E-state index in [4.69, 9.17) is 20.9 Å². The predicted octanol–water partition coefficient (Wildman–Crippen LogP) is -3.48. The van der Waals surface area contributed by atoms with Gasteiger partial charge in [0, 0.05) is 0 Å². The molecule has 312 valence electrons. The van der Waals surface area contributed by atoms with Crippen molar-refractivity contribution < 1.29 is 89.7 Å². The van der Waals surface area contributed by atoms with Crippen LogP contribution in [0.25, 0.3) is 22.3 Å². The third kappa shape index (κ3) is 9.15. The van der Waals surface area contributed by atoms with Crippen LogP contribution in [-0.4, -0.2) is 129 Å². The van der Waals surface area contributed by atoms with Crippen molar-refractivity contribution in [3.63, 3.8) is 0 Å². The number of phosphoric ester groups is 2. The van der Waals surface area contributed by atoms with Crippen LogP contribution in [0.5, 0.6) is 0 Å². The number of H-pyrrole nitrogens is 2. The fourth-order valence-corrected chi connectivity index (χ4v) is 10.2. The molecule has 56 heavy (non-hydrogen) atoms. The number of nitrogen functional groups attached to an aromatic ring is 2. The molecule has 0 aromatic carbocycles. The van der Waals surface area contributed by atoms with Crippen LogP contribution in [0.3, 0.4) is 0 Å². The first-order chi connectivity index (χ1) is 25.5. The van der Waals surface area contributed by atoms with Gasteiger partial charge in [-0.05, 0) is 0 Å². The van der Waals surface area contributed by atoms with Crippen LogP contribution >= 0.6 is 31.3 Å². The number of nitrogens with one attached hydrogen (secondary N) is 2. The lowest BCUT2D eigenvalue weighted by Crippen LogP contribution is -2.33. The molecule has 2 saturated heterocycles. The number of ether oxygens (including phenoxy) is 2. The zero-order valence-corrected chi connectivity index (χ0v) is 31.3. The van der Waals surface area contributed by atoms with Gasteiger partial charge in [0.05, 0.1) is 25.9 Å². The number of rotatable bonds is 14. The van der Waals surface area contributed by atoms with Crippen molar-refractivity contribution in [2.45, 2.75) is 49.1 Å². The molecule has 0 spiro atoms. The summed E-state index contributed by atoms with van der Waals surface area (Å²) in [6.07, 6.45) is -11.9. The van der Waals surface area contributed by atoms with E-state index in [-0.39, 0.29) is 40.4 Å². The van der Waals surface area contributed by atoms with Gasteiger partial charge in [0.15, 0.2) is 34.8 Å². The van der Waals surface area contributed by atoms with Crippen molar-refractivity contribution in [3.05, 3.63) is 33.4 Å². The monoisotopic (exact) mass is 886 g/mol. The van der Waals surface area contributed by atoms with E-state index in [2.05, 4.69) is 51.9 Å². The number of aromatic nitrogens is 8. The van der Waals surface area contributed by atoms with Crippen LogP contribution in [0.1, 0.15) is 12.5 Å². The molecule has 0 aliphatic carbocycles. The summed E-state index contributed by atoms with van der Waals surface area (Å²) in [5, 5.41) is 41.8. The van der Waals surface area contributed by atoms with Crippen LogP contribution in [0.4, 0.5) is 11.9 Å². The van der Waals surface area contributed by atoms with Crippen LogP contribution in [-0.2, 0) is 49.7 Å². The van der Waals surface area contributed by atoms with E-state index in [0.29, 0.717) is 0 Å². The minimum atomic E-state index is -6.25. The average molecular weight is 886 g/mol. The first-order valence-corrected chi connectivity index (χ1v) is 20.7. The number of quaternary nitrogens is 1. The molecule has 12 atom stereocenters. The number of aromatic amines is 2. The van der Waals surface area contributed by atoms with Gasteiger partial charge >= 0.3 is 31.3 Å². The summed E-state index contributed by atoms with van der Waals surface area (Å²) in [5.41, 5.74) is 8.68. The molecule has 2 fully saturated rings. The highest BCUT2D eigenvalue weighted by Crippen LogP contribution is 2.71. The Morgan fingerprint density at radius 1 is 0.643 bits per heavy atom. The average Bonchev–Trinajstić information content (AvgIpc) is 3.79. The first kappa shape index (κ1) is 43.7. The van der Waals surface area contributed by atoms with E-state index in [9.17, 15) is 67.8 Å². The first-order valence-electron chi connectivity index (χ1n) is 14.7. The Balaban J connectivity index is 0.00000600. The summed E-state index contributed by atoms with van der Waals surface area (Å²) in [6.45, 7) is -2.36. The number of aliphatic hydroxyl groups excluding tert-OH is 4. The number of fused-ring (bicyclic) bond motifs is 2. The number of nitrogens with two attached hydrogens (primary N) is 2. The van der Waals surface area contributed by atoms with Gasteiger partial charge in [-0.3, -0.25) is 37.7 Å². The Bertz CT molecular complexity index is 2260. The second kappa shape index (κ2) is 15.7. The molecule has 4 aromatic heterocycles. The van der Waals surface area contributed by atoms with Crippen molar-refractivity contribution in [1.29, 1.82) is 0 Å². The van der Waals surface area contributed by atoms with Gasteiger partial charge in [-0.25, -0.2) is 28.2 Å². The van der Waals surface area contributed by atoms with Gasteiger partial charge in [0.1, 0.15) is 36.6 Å². The van der Waals surface area contributed by atoms with Gasteiger partial charge < -0.3 is 67.1 Å². The predicted molar refractivity (Wildman–Crippen MR) is 177 cm³/mol. The van der Waals surface area contributed by atoms with Crippen LogP contribution in [0.15, 0.2) is 22.2 Å². The lowest BCUT2D eigenvalue weighted by molar-refractivity contribution is -0.0505. The van der Waals surface area contributed by atoms with Crippen LogP contribution in [0, 0.1) is 0 Å². The van der Waals surface area contributed by atoms with Crippen molar-refractivity contribution in [1.82, 2.24) is 45.2 Å². The van der Waals surface area contributed by atoms with Gasteiger partial charge in [-0.1, -0.05) is 0 Å². The molecule has 0 bridgehead atoms. The minimum absolute atomic E-state index is 0. The minimum Gasteiger partial charge on any atom is -0.387 e. The molecule has 36 heteroatoms. The van der Waals surface area contributed by atoms with Crippen LogP contribution < -0.4 is 28.7 Å². The molecule has 12 unspecified atom stereocenters. The topological polar surface area (TPSA) is 510 Å². The Hall–Kier alpha value is -3.42. The molecular weight excluding hydrogens is 854 g/mol. The Kier molecular flexibility index (Phi) is 12.3. The quantitative estimate of drug-likeness (QED) is 0.0547. The SMILES string of the molecule is Nc1nc2c(ncn2C2OC(COP(=O)(O)OP(=O)(O)OP(=O)(O)OP(=O)(O)OCC3OC(n4cnc5c(=O)[nH]c(N)nc54)C(O)C3O)C(O)C2O)c(=O)[nH]1.[NH4+]. The zero-order valence-electron chi connectivity index (χ0n) is 27.7. The van der Waals surface area contributed by atoms with Crippen molar-refractivity contribution in [2.75, 3.05) is 24.7 Å². The second-order valence-electron chi connectivity index (χ2n) is 11.4. The summed E-state index contributed by atoms with van der Waals surface area (Å²) < 4.78 is 82.9. The van der Waals surface area contributed by atoms with Gasteiger partial charge in [-0.15, -0.1) is 0 Å². The Labute approximate surface area is 307 Å². The van der Waals surface area contributed by atoms with E-state index in [1.54, 1.807) is 0 Å². The second-order valence-corrected chi connectivity index (χ2v) is 17.6. The summed E-state index contributed by atoms with van der Waals surface area (Å²) in [6, 6.07) is 0. The molecule has 4 aromatic rings. The van der Waals surface area contributed by atoms with Crippen molar-refractivity contribution in [2.24, 2.45) is 0 Å². The fourth-order valence-electron chi connectivity index (χ4n) is 5.26. The van der Waals surface area contributed by atoms with Gasteiger partial charge in [-0.2, -0.15) is 22.9 Å². The molecule has 0 radical (unpaired) electrons. The molecule has 0 saturated carbocycles. The van der Waals surface area contributed by atoms with Gasteiger partial charge in [0.25, 0.3) is 11.1 Å². The molecule has 0 amide bonds. The smallest absolute Gasteiger partial charge is 0.387 e. The fraction of sp³-hybridized carbons (Fsp3) is 0.500. The maximum absolute atomic E-state index is 12.4. The number of hydrogen-bond donors (Lipinski definition) is 13.